The Morgan fingerprint density at radius 3 is 2.26 bits per heavy atom. The summed E-state index contributed by atoms with van der Waals surface area (Å²) in [7, 11) is -1.14. The molecule has 10 heteroatoms. The van der Waals surface area contributed by atoms with Crippen molar-refractivity contribution >= 4 is 37.0 Å². The molecule has 2 fully saturated rings. The Morgan fingerprint density at radius 1 is 1.02 bits per heavy atom. The van der Waals surface area contributed by atoms with Gasteiger partial charge < -0.3 is 21.1 Å². The van der Waals surface area contributed by atoms with Gasteiger partial charge in [0.05, 0.1) is 23.3 Å². The van der Waals surface area contributed by atoms with Crippen LogP contribution >= 0.6 is 0 Å². The van der Waals surface area contributed by atoms with Gasteiger partial charge in [-0.1, -0.05) is 31.8 Å². The summed E-state index contributed by atoms with van der Waals surface area (Å²) in [6, 6.07) is 10.6. The Morgan fingerprint density at radius 2 is 1.67 bits per heavy atom. The number of ether oxygens (including phenoxy) is 1. The normalized spacial score (nSPS) is 16.0. The molecule has 2 amide bonds. The van der Waals surface area contributed by atoms with Crippen LogP contribution in [0.4, 0.5) is 17.1 Å². The van der Waals surface area contributed by atoms with E-state index in [9.17, 15) is 9.59 Å². The van der Waals surface area contributed by atoms with Gasteiger partial charge in [0.15, 0.2) is 0 Å². The monoisotopic (exact) mass is 588 g/mol. The molecule has 0 spiro atoms. The summed E-state index contributed by atoms with van der Waals surface area (Å²) in [5.74, 6) is -0.502. The molecule has 1 unspecified atom stereocenters. The van der Waals surface area contributed by atoms with E-state index in [0.29, 0.717) is 35.6 Å². The van der Waals surface area contributed by atoms with Crippen molar-refractivity contribution in [2.75, 3.05) is 23.0 Å². The summed E-state index contributed by atoms with van der Waals surface area (Å²) >= 11 is 0. The van der Waals surface area contributed by atoms with E-state index in [2.05, 4.69) is 42.2 Å². The predicted molar refractivity (Wildman–Crippen MR) is 170 cm³/mol. The minimum Gasteiger partial charge on any atom is -0.396 e. The van der Waals surface area contributed by atoms with E-state index in [4.69, 9.17) is 15.6 Å². The van der Waals surface area contributed by atoms with E-state index in [1.165, 1.54) is 6.20 Å². The lowest BCUT2D eigenvalue weighted by atomic mass is 9.82. The fraction of sp³-hybridized carbons (Fsp3) is 0.500. The number of aryl methyl sites for hydroxylation is 1. The summed E-state index contributed by atoms with van der Waals surface area (Å²) < 4.78 is 7.85. The molecule has 1 atom stereocenters. The van der Waals surface area contributed by atoms with Gasteiger partial charge in [-0.25, -0.2) is 4.68 Å². The molecule has 1 aromatic carbocycles. The van der Waals surface area contributed by atoms with Crippen molar-refractivity contribution in [3.63, 3.8) is 0 Å². The van der Waals surface area contributed by atoms with E-state index in [-0.39, 0.29) is 17.7 Å². The van der Waals surface area contributed by atoms with Crippen LogP contribution in [-0.4, -0.2) is 41.3 Å². The number of carbonyl (C=O) groups excluding carboxylic acids is 2. The molecule has 2 aliphatic carbocycles. The van der Waals surface area contributed by atoms with E-state index in [1.54, 1.807) is 12.3 Å². The average molecular weight is 589 g/mol. The zero-order chi connectivity index (χ0) is 30.0. The summed E-state index contributed by atoms with van der Waals surface area (Å²) in [6.45, 7) is 12.3. The van der Waals surface area contributed by atoms with Gasteiger partial charge in [-0.05, 0) is 87.1 Å². The van der Waals surface area contributed by atoms with Crippen molar-refractivity contribution in [2.45, 2.75) is 71.9 Å². The highest BCUT2D eigenvalue weighted by atomic mass is 28.3. The number of hydrogen-bond donors (Lipinski definition) is 3. The number of hydrogen-bond acceptors (Lipinski definition) is 6. The third kappa shape index (κ3) is 7.28. The van der Waals surface area contributed by atoms with Crippen molar-refractivity contribution in [3.05, 3.63) is 54.1 Å². The maximum atomic E-state index is 13.7. The number of nitrogens with zero attached hydrogens (tertiary/aromatic N) is 3. The van der Waals surface area contributed by atoms with Gasteiger partial charge in [0.25, 0.3) is 0 Å². The Balaban J connectivity index is 1.29. The molecule has 2 saturated carbocycles. The zero-order valence-corrected chi connectivity index (χ0v) is 26.4. The molecule has 3 aromatic rings. The number of nitrogens with one attached hydrogen (secondary N) is 2. The van der Waals surface area contributed by atoms with Gasteiger partial charge in [-0.2, -0.15) is 5.10 Å². The standard InChI is InChI=1S/C32H44N6O3Si/c1-20-28(21(2)38(37-20)19-41-16-17-42(3,4)5)22-10-12-25(13-11-22)35-31(39)30(29(23-6-7-23)24-8-9-24)32(40)36-27-14-15-34-18-26(27)33/h10-15,18,23-24,29-30H,6-9,16-17,19,33H2,1-5H3,(H,35,39)(H,34,36,40). The highest BCUT2D eigenvalue weighted by molar-refractivity contribution is 6.76. The average Bonchev–Trinajstić information content (AvgIpc) is 3.86. The molecular weight excluding hydrogens is 544 g/mol. The molecule has 0 saturated heterocycles. The van der Waals surface area contributed by atoms with Crippen LogP contribution in [0.15, 0.2) is 42.7 Å². The van der Waals surface area contributed by atoms with Crippen LogP contribution in [0.25, 0.3) is 11.1 Å². The maximum absolute atomic E-state index is 13.7. The lowest BCUT2D eigenvalue weighted by Crippen LogP contribution is -2.41. The van der Waals surface area contributed by atoms with Gasteiger partial charge in [-0.3, -0.25) is 14.6 Å². The van der Waals surface area contributed by atoms with E-state index in [1.807, 2.05) is 35.9 Å². The van der Waals surface area contributed by atoms with Crippen LogP contribution in [0.2, 0.25) is 25.7 Å². The number of carbonyl (C=O) groups is 2. The van der Waals surface area contributed by atoms with Gasteiger partial charge in [-0.15, -0.1) is 0 Å². The zero-order valence-electron chi connectivity index (χ0n) is 25.4. The molecule has 5 rings (SSSR count). The Hall–Kier alpha value is -3.50. The first-order chi connectivity index (χ1) is 20.0. The lowest BCUT2D eigenvalue weighted by molar-refractivity contribution is -0.132. The van der Waals surface area contributed by atoms with E-state index < -0.39 is 14.0 Å². The van der Waals surface area contributed by atoms with Gasteiger partial charge in [0.2, 0.25) is 11.8 Å². The van der Waals surface area contributed by atoms with Crippen molar-refractivity contribution in [1.82, 2.24) is 14.8 Å². The third-order valence-corrected chi connectivity index (χ3v) is 10.1. The number of anilines is 3. The van der Waals surface area contributed by atoms with Crippen LogP contribution in [0.3, 0.4) is 0 Å². The van der Waals surface area contributed by atoms with Crippen LogP contribution < -0.4 is 16.4 Å². The molecule has 0 radical (unpaired) electrons. The Labute approximate surface area is 249 Å². The second-order valence-electron chi connectivity index (χ2n) is 13.1. The Kier molecular flexibility index (Phi) is 8.84. The number of pyridine rings is 1. The van der Waals surface area contributed by atoms with E-state index >= 15 is 0 Å². The van der Waals surface area contributed by atoms with Crippen LogP contribution in [0, 0.1) is 37.5 Å². The minimum atomic E-state index is -1.14. The quantitative estimate of drug-likeness (QED) is 0.126. The predicted octanol–water partition coefficient (Wildman–Crippen LogP) is 6.09. The smallest absolute Gasteiger partial charge is 0.237 e. The van der Waals surface area contributed by atoms with E-state index in [0.717, 1.165) is 60.8 Å². The first-order valence-corrected chi connectivity index (χ1v) is 18.8. The van der Waals surface area contributed by atoms with Crippen LogP contribution in [0.5, 0.6) is 0 Å². The second-order valence-corrected chi connectivity index (χ2v) is 18.8. The van der Waals surface area contributed by atoms with Gasteiger partial charge in [0, 0.05) is 37.8 Å². The molecule has 224 valence electrons. The largest absolute Gasteiger partial charge is 0.396 e. The third-order valence-electron chi connectivity index (χ3n) is 8.42. The lowest BCUT2D eigenvalue weighted by Gasteiger charge is -2.26. The topological polar surface area (TPSA) is 124 Å². The SMILES string of the molecule is Cc1nn(COCC[Si](C)(C)C)c(C)c1-c1ccc(NC(=O)C(C(=O)Nc2ccncc2N)C(C2CC2)C2CC2)cc1. The highest BCUT2D eigenvalue weighted by Crippen LogP contribution is 2.53. The number of amides is 2. The first kappa shape index (κ1) is 30.0. The van der Waals surface area contributed by atoms with Gasteiger partial charge in [0.1, 0.15) is 12.6 Å². The van der Waals surface area contributed by atoms with Crippen molar-refractivity contribution in [3.8, 4) is 11.1 Å². The first-order valence-electron chi connectivity index (χ1n) is 15.1. The molecule has 4 N–H and O–H groups in total. The van der Waals surface area contributed by atoms with Crippen molar-refractivity contribution in [1.29, 1.82) is 0 Å². The van der Waals surface area contributed by atoms with Gasteiger partial charge >= 0.3 is 0 Å². The maximum Gasteiger partial charge on any atom is 0.237 e. The van der Waals surface area contributed by atoms with Crippen LogP contribution in [0.1, 0.15) is 37.1 Å². The highest BCUT2D eigenvalue weighted by Gasteiger charge is 2.50. The molecule has 2 heterocycles. The summed E-state index contributed by atoms with van der Waals surface area (Å²) in [4.78, 5) is 31.3. The minimum absolute atomic E-state index is 0.0384. The molecule has 0 aliphatic heterocycles. The number of benzene rings is 1. The van der Waals surface area contributed by atoms with Crippen molar-refractivity contribution in [2.24, 2.45) is 23.7 Å². The molecular formula is C32H44N6O3Si. The molecule has 2 aliphatic rings. The number of nitrogen functional groups attached to an aromatic ring is 1. The molecule has 2 aromatic heterocycles. The second kappa shape index (κ2) is 12.4. The molecule has 0 bridgehead atoms. The van der Waals surface area contributed by atoms with Crippen LogP contribution in [-0.2, 0) is 21.1 Å². The molecule has 42 heavy (non-hydrogen) atoms. The number of nitrogens with two attached hydrogens (primary N) is 1. The number of rotatable bonds is 13. The number of aromatic nitrogens is 3. The summed E-state index contributed by atoms with van der Waals surface area (Å²) in [5.41, 5.74) is 11.6. The fourth-order valence-corrected chi connectivity index (χ4v) is 6.56. The summed E-state index contributed by atoms with van der Waals surface area (Å²) in [6.07, 6.45) is 7.36. The molecule has 9 nitrogen and oxygen atoms in total. The Bertz CT molecular complexity index is 1410. The summed E-state index contributed by atoms with van der Waals surface area (Å²) in [5, 5.41) is 10.7. The van der Waals surface area contributed by atoms with Crippen molar-refractivity contribution < 1.29 is 14.3 Å². The fourth-order valence-electron chi connectivity index (χ4n) is 5.80.